The van der Waals surface area contributed by atoms with Gasteiger partial charge in [0, 0.05) is 15.1 Å². The van der Waals surface area contributed by atoms with Gasteiger partial charge in [0.05, 0.1) is 0 Å². The van der Waals surface area contributed by atoms with Gasteiger partial charge < -0.3 is 9.84 Å². The van der Waals surface area contributed by atoms with E-state index in [1.54, 1.807) is 11.8 Å². The van der Waals surface area contributed by atoms with Crippen LogP contribution in [0.1, 0.15) is 16.7 Å². The number of hydrogen-bond acceptors (Lipinski definition) is 3. The second-order valence-electron chi connectivity index (χ2n) is 6.41. The highest BCUT2D eigenvalue weighted by atomic mass is 79.9. The number of carbonyl (C=O) groups is 1. The van der Waals surface area contributed by atoms with Crippen LogP contribution in [-0.4, -0.2) is 23.4 Å². The van der Waals surface area contributed by atoms with Gasteiger partial charge in [-0.2, -0.15) is 0 Å². The van der Waals surface area contributed by atoms with Crippen molar-refractivity contribution < 1.29 is 14.6 Å². The molecule has 0 fully saturated rings. The van der Waals surface area contributed by atoms with Crippen molar-refractivity contribution in [2.24, 2.45) is 0 Å². The van der Waals surface area contributed by atoms with Gasteiger partial charge in [-0.1, -0.05) is 64.5 Å². The number of aliphatic carboxylic acids is 1. The van der Waals surface area contributed by atoms with Crippen LogP contribution in [-0.2, 0) is 4.79 Å². The highest BCUT2D eigenvalue weighted by Crippen LogP contribution is 2.29. The number of carboxylic acid groups (broad SMARTS) is 1. The topological polar surface area (TPSA) is 46.5 Å². The Kier molecular flexibility index (Phi) is 7.55. The maximum Gasteiger partial charge on any atom is 0.341 e. The lowest BCUT2D eigenvalue weighted by atomic mass is 9.98. The normalized spacial score (nSPS) is 11.3. The van der Waals surface area contributed by atoms with Gasteiger partial charge in [-0.15, -0.1) is 11.8 Å². The summed E-state index contributed by atoms with van der Waals surface area (Å²) < 4.78 is 6.35. The number of rotatable bonds is 8. The molecule has 5 heteroatoms. The molecule has 3 aromatic carbocycles. The molecule has 0 aliphatic heterocycles. The van der Waals surface area contributed by atoms with Gasteiger partial charge in [0.2, 0.25) is 0 Å². The van der Waals surface area contributed by atoms with Crippen molar-refractivity contribution in [3.05, 3.63) is 100 Å². The van der Waals surface area contributed by atoms with Crippen LogP contribution < -0.4 is 4.74 Å². The van der Waals surface area contributed by atoms with Crippen molar-refractivity contribution >= 4 is 39.2 Å². The third-order valence-corrected chi connectivity index (χ3v) is 5.67. The van der Waals surface area contributed by atoms with E-state index in [9.17, 15) is 4.79 Å². The van der Waals surface area contributed by atoms with Crippen LogP contribution in [0.15, 0.2) is 88.2 Å². The molecule has 3 rings (SSSR count). The van der Waals surface area contributed by atoms with Gasteiger partial charge in [0.1, 0.15) is 5.75 Å². The van der Waals surface area contributed by atoms with Gasteiger partial charge in [0.25, 0.3) is 0 Å². The minimum Gasteiger partial charge on any atom is -0.482 e. The number of aryl methyl sites for hydroxylation is 1. The number of thioether (sulfide) groups is 1. The Morgan fingerprint density at radius 1 is 1.03 bits per heavy atom. The molecule has 0 amide bonds. The van der Waals surface area contributed by atoms with Crippen molar-refractivity contribution in [3.63, 3.8) is 0 Å². The second-order valence-corrected chi connectivity index (χ2v) is 8.42. The summed E-state index contributed by atoms with van der Waals surface area (Å²) in [6.45, 7) is 1.59. The van der Waals surface area contributed by atoms with E-state index >= 15 is 0 Å². The van der Waals surface area contributed by atoms with Crippen LogP contribution in [0.25, 0.3) is 5.57 Å². The third kappa shape index (κ3) is 6.24. The summed E-state index contributed by atoms with van der Waals surface area (Å²) in [6.07, 6.45) is 2.24. The van der Waals surface area contributed by atoms with E-state index in [4.69, 9.17) is 9.84 Å². The van der Waals surface area contributed by atoms with Crippen molar-refractivity contribution in [3.8, 4) is 5.75 Å². The van der Waals surface area contributed by atoms with Crippen molar-refractivity contribution in [2.75, 3.05) is 12.4 Å². The van der Waals surface area contributed by atoms with Gasteiger partial charge in [0.15, 0.2) is 6.61 Å². The van der Waals surface area contributed by atoms with Crippen molar-refractivity contribution in [1.29, 1.82) is 0 Å². The fourth-order valence-corrected chi connectivity index (χ4v) is 4.18. The molecule has 29 heavy (non-hydrogen) atoms. The summed E-state index contributed by atoms with van der Waals surface area (Å²) in [4.78, 5) is 11.8. The average molecular weight is 469 g/mol. The van der Waals surface area contributed by atoms with E-state index in [1.807, 2.05) is 55.5 Å². The molecular formula is C24H21BrO3S. The van der Waals surface area contributed by atoms with Gasteiger partial charge in [-0.3, -0.25) is 0 Å². The predicted octanol–water partition coefficient (Wildman–Crippen LogP) is 6.44. The highest BCUT2D eigenvalue weighted by Gasteiger charge is 2.07. The number of carboxylic acids is 1. The Labute approximate surface area is 183 Å². The van der Waals surface area contributed by atoms with E-state index in [0.29, 0.717) is 5.75 Å². The third-order valence-electron chi connectivity index (χ3n) is 4.26. The molecule has 0 spiro atoms. The monoisotopic (exact) mass is 468 g/mol. The molecule has 3 aromatic rings. The first-order valence-corrected chi connectivity index (χ1v) is 10.9. The zero-order chi connectivity index (χ0) is 20.6. The average Bonchev–Trinajstić information content (AvgIpc) is 2.71. The highest BCUT2D eigenvalue weighted by molar-refractivity contribution is 9.10. The zero-order valence-electron chi connectivity index (χ0n) is 16.0. The molecule has 148 valence electrons. The Hall–Kier alpha value is -2.50. The Morgan fingerprint density at radius 3 is 2.48 bits per heavy atom. The fraction of sp³-hybridized carbons (Fsp3) is 0.125. The van der Waals surface area contributed by atoms with E-state index in [2.05, 4.69) is 46.3 Å². The number of benzene rings is 3. The lowest BCUT2D eigenvalue weighted by Gasteiger charge is -2.11. The van der Waals surface area contributed by atoms with E-state index in [0.717, 1.165) is 20.7 Å². The SMILES string of the molecule is Cc1cc(SC/C=C(/c2ccccc2)c2cccc(Br)c2)ccc1OCC(=O)O. The first-order chi connectivity index (χ1) is 14.0. The maximum absolute atomic E-state index is 10.7. The molecule has 0 bridgehead atoms. The molecule has 0 unspecified atom stereocenters. The summed E-state index contributed by atoms with van der Waals surface area (Å²) in [7, 11) is 0. The zero-order valence-corrected chi connectivity index (χ0v) is 18.4. The molecule has 0 aromatic heterocycles. The maximum atomic E-state index is 10.7. The molecule has 0 saturated heterocycles. The molecule has 0 radical (unpaired) electrons. The number of halogens is 1. The largest absolute Gasteiger partial charge is 0.482 e. The van der Waals surface area contributed by atoms with Crippen LogP contribution in [0.3, 0.4) is 0 Å². The quantitative estimate of drug-likeness (QED) is 0.386. The second kappa shape index (κ2) is 10.3. The summed E-state index contributed by atoms with van der Waals surface area (Å²) in [5.41, 5.74) is 4.47. The molecule has 1 N–H and O–H groups in total. The number of ether oxygens (including phenoxy) is 1. The lowest BCUT2D eigenvalue weighted by Crippen LogP contribution is -2.09. The van der Waals surface area contributed by atoms with Crippen LogP contribution in [0.4, 0.5) is 0 Å². The Morgan fingerprint density at radius 2 is 1.79 bits per heavy atom. The minimum absolute atomic E-state index is 0.330. The first-order valence-electron chi connectivity index (χ1n) is 9.12. The molecule has 0 atom stereocenters. The van der Waals surface area contributed by atoms with E-state index < -0.39 is 5.97 Å². The summed E-state index contributed by atoms with van der Waals surface area (Å²) in [6, 6.07) is 24.5. The van der Waals surface area contributed by atoms with E-state index in [-0.39, 0.29) is 6.61 Å². The summed E-state index contributed by atoms with van der Waals surface area (Å²) in [5.74, 6) is 0.436. The summed E-state index contributed by atoms with van der Waals surface area (Å²) >= 11 is 5.29. The van der Waals surface area contributed by atoms with Crippen LogP contribution in [0.5, 0.6) is 5.75 Å². The van der Waals surface area contributed by atoms with Crippen LogP contribution >= 0.6 is 27.7 Å². The van der Waals surface area contributed by atoms with Gasteiger partial charge in [-0.05, 0) is 59.5 Å². The molecular weight excluding hydrogens is 448 g/mol. The lowest BCUT2D eigenvalue weighted by molar-refractivity contribution is -0.139. The number of hydrogen-bond donors (Lipinski definition) is 1. The van der Waals surface area contributed by atoms with Crippen LogP contribution in [0, 0.1) is 6.92 Å². The van der Waals surface area contributed by atoms with E-state index in [1.165, 1.54) is 16.7 Å². The molecule has 3 nitrogen and oxygen atoms in total. The fourth-order valence-electron chi connectivity index (χ4n) is 2.91. The molecule has 0 aliphatic carbocycles. The summed E-state index contributed by atoms with van der Waals surface area (Å²) in [5, 5.41) is 8.75. The minimum atomic E-state index is -0.978. The van der Waals surface area contributed by atoms with Crippen molar-refractivity contribution in [1.82, 2.24) is 0 Å². The smallest absolute Gasteiger partial charge is 0.341 e. The standard InChI is InChI=1S/C24H21BrO3S/c1-17-14-21(10-11-23(17)28-16-24(26)27)29-13-12-22(18-6-3-2-4-7-18)19-8-5-9-20(25)15-19/h2-12,14-15H,13,16H2,1H3,(H,26,27)/b22-12-. The van der Waals surface area contributed by atoms with Gasteiger partial charge in [-0.25, -0.2) is 4.79 Å². The van der Waals surface area contributed by atoms with Crippen molar-refractivity contribution in [2.45, 2.75) is 11.8 Å². The van der Waals surface area contributed by atoms with Crippen LogP contribution in [0.2, 0.25) is 0 Å². The first kappa shape index (κ1) is 21.2. The molecule has 0 aliphatic rings. The Bertz CT molecular complexity index is 1020. The molecule has 0 saturated carbocycles. The Balaban J connectivity index is 1.76. The van der Waals surface area contributed by atoms with Gasteiger partial charge >= 0.3 is 5.97 Å². The predicted molar refractivity (Wildman–Crippen MR) is 123 cm³/mol. The molecule has 0 heterocycles.